The van der Waals surface area contributed by atoms with E-state index in [-0.39, 0.29) is 11.6 Å². The summed E-state index contributed by atoms with van der Waals surface area (Å²) in [6.45, 7) is 13.5. The maximum atomic E-state index is 13.1. The molecule has 2 aromatic carbocycles. The summed E-state index contributed by atoms with van der Waals surface area (Å²) in [4.78, 5) is 50.6. The predicted molar refractivity (Wildman–Crippen MR) is 224 cm³/mol. The van der Waals surface area contributed by atoms with Crippen LogP contribution in [0.3, 0.4) is 0 Å². The first-order chi connectivity index (χ1) is 27.7. The van der Waals surface area contributed by atoms with Crippen LogP contribution in [0.1, 0.15) is 74.6 Å². The number of Topliss-reactive ketones (excluding diaryl/α,β-unsaturated/α-hetero) is 2. The van der Waals surface area contributed by atoms with E-state index >= 15 is 0 Å². The van der Waals surface area contributed by atoms with E-state index in [1.165, 1.54) is 0 Å². The van der Waals surface area contributed by atoms with Gasteiger partial charge in [0.15, 0.2) is 45.9 Å². The van der Waals surface area contributed by atoms with E-state index in [1.807, 2.05) is 39.8 Å². The molecule has 0 unspecified atom stereocenters. The zero-order chi connectivity index (χ0) is 42.4. The molecule has 2 N–H and O–H groups in total. The van der Waals surface area contributed by atoms with Crippen molar-refractivity contribution in [2.45, 2.75) is 53.9 Å². The Morgan fingerprint density at radius 3 is 1.34 bits per heavy atom. The minimum absolute atomic E-state index is 0.0139. The number of nitrogens with zero attached hydrogens (tertiary/aromatic N) is 4. The number of aromatic amines is 2. The van der Waals surface area contributed by atoms with Crippen molar-refractivity contribution in [2.75, 3.05) is 42.7 Å². The highest BCUT2D eigenvalue weighted by molar-refractivity contribution is 6.09. The lowest BCUT2D eigenvalue weighted by Gasteiger charge is -2.21. The van der Waals surface area contributed by atoms with E-state index in [9.17, 15) is 9.59 Å². The number of ether oxygens (including phenoxy) is 6. The van der Waals surface area contributed by atoms with Crippen LogP contribution in [0.5, 0.6) is 34.5 Å². The number of methoxy groups -OCH3 is 6. The van der Waals surface area contributed by atoms with Gasteiger partial charge in [-0.2, -0.15) is 0 Å². The van der Waals surface area contributed by atoms with Crippen molar-refractivity contribution in [3.63, 3.8) is 0 Å². The first-order valence-corrected chi connectivity index (χ1v) is 18.7. The van der Waals surface area contributed by atoms with Crippen LogP contribution < -0.4 is 28.4 Å². The summed E-state index contributed by atoms with van der Waals surface area (Å²) in [6.07, 6.45) is 10.7. The third kappa shape index (κ3) is 8.46. The van der Waals surface area contributed by atoms with Crippen LogP contribution in [-0.4, -0.2) is 84.1 Å². The number of H-pyrrole nitrogens is 2. The van der Waals surface area contributed by atoms with Crippen LogP contribution in [-0.2, 0) is 0 Å². The van der Waals surface area contributed by atoms with Gasteiger partial charge in [-0.05, 0) is 37.1 Å². The lowest BCUT2D eigenvalue weighted by molar-refractivity contribution is 0.0825. The van der Waals surface area contributed by atoms with Crippen LogP contribution in [0.25, 0.3) is 44.8 Å². The summed E-state index contributed by atoms with van der Waals surface area (Å²) in [7, 11) is 9.35. The number of fused-ring (bicyclic) bond motifs is 2. The first-order valence-electron chi connectivity index (χ1n) is 18.7. The largest absolute Gasteiger partial charge is 0.493 e. The summed E-state index contributed by atoms with van der Waals surface area (Å²) < 4.78 is 32.5. The molecule has 0 aliphatic rings. The summed E-state index contributed by atoms with van der Waals surface area (Å²) in [5, 5.41) is 0. The molecule has 6 rings (SSSR count). The average Bonchev–Trinajstić information content (AvgIpc) is 3.85. The Morgan fingerprint density at radius 2 is 1.02 bits per heavy atom. The van der Waals surface area contributed by atoms with Crippen LogP contribution in [0, 0.1) is 10.8 Å². The Balaban J connectivity index is 0.000000221. The number of aromatic nitrogens is 6. The molecule has 14 nitrogen and oxygen atoms in total. The minimum Gasteiger partial charge on any atom is -0.493 e. The van der Waals surface area contributed by atoms with Gasteiger partial charge in [-0.1, -0.05) is 47.1 Å². The Hall–Kier alpha value is -6.44. The van der Waals surface area contributed by atoms with E-state index < -0.39 is 10.8 Å². The zero-order valence-electron chi connectivity index (χ0n) is 35.1. The lowest BCUT2D eigenvalue weighted by atomic mass is 9.81. The van der Waals surface area contributed by atoms with Gasteiger partial charge in [0.1, 0.15) is 11.0 Å². The molecule has 58 heavy (non-hydrogen) atoms. The number of rotatable bonds is 16. The van der Waals surface area contributed by atoms with E-state index in [2.05, 4.69) is 33.4 Å². The Labute approximate surface area is 338 Å². The van der Waals surface area contributed by atoms with Gasteiger partial charge in [0.2, 0.25) is 11.5 Å². The highest BCUT2D eigenvalue weighted by Gasteiger charge is 2.31. The molecular weight excluding hydrogens is 741 g/mol. The number of hydrogen-bond donors (Lipinski definition) is 2. The van der Waals surface area contributed by atoms with E-state index in [0.29, 0.717) is 85.8 Å². The predicted octanol–water partition coefficient (Wildman–Crippen LogP) is 9.10. The molecule has 306 valence electrons. The SMILES string of the molecule is C=CCC(C)(C)C(=O)c1c[nH]c2ncc(-c3cc(OC)c(OC)c(OC)c3)nc12.CCCC(C)(C)C(=O)c1c[nH]c2ncc(-c3cc(OC)c(OC)c(OC)c3)nc12. The molecule has 0 radical (unpaired) electrons. The van der Waals surface area contributed by atoms with Gasteiger partial charge >= 0.3 is 0 Å². The van der Waals surface area contributed by atoms with Crippen molar-refractivity contribution < 1.29 is 38.0 Å². The van der Waals surface area contributed by atoms with Crippen LogP contribution in [0.4, 0.5) is 0 Å². The van der Waals surface area contributed by atoms with Gasteiger partial charge in [0.25, 0.3) is 0 Å². The second-order valence-corrected chi connectivity index (χ2v) is 14.8. The molecule has 4 heterocycles. The number of hydrogen-bond acceptors (Lipinski definition) is 12. The van der Waals surface area contributed by atoms with Crippen molar-refractivity contribution in [3.8, 4) is 57.0 Å². The molecule has 0 saturated carbocycles. The molecule has 6 aromatic rings. The van der Waals surface area contributed by atoms with Crippen molar-refractivity contribution in [1.82, 2.24) is 29.9 Å². The topological polar surface area (TPSA) is 173 Å². The van der Waals surface area contributed by atoms with E-state index in [0.717, 1.165) is 24.0 Å². The molecular formula is C44H52N6O8. The van der Waals surface area contributed by atoms with Crippen molar-refractivity contribution in [3.05, 3.63) is 72.8 Å². The Bertz CT molecular complexity index is 2400. The Morgan fingerprint density at radius 1 is 0.638 bits per heavy atom. The standard InChI is InChI=1S/C22H27N3O4.C22H25N3O4/c2*1-7-8-22(2,3)20(26)14-11-23-21-18(14)25-15(12-24-21)13-9-16(27-4)19(29-6)17(10-13)28-5/h9-12H,7-8H2,1-6H3,(H,23,24);7,9-12H,1,8H2,2-6H3,(H,23,24). The number of carbonyl (C=O) groups excluding carboxylic acids is 2. The van der Waals surface area contributed by atoms with Crippen LogP contribution in [0.15, 0.2) is 61.7 Å². The molecule has 0 aliphatic heterocycles. The normalized spacial score (nSPS) is 11.4. The fourth-order valence-electron chi connectivity index (χ4n) is 6.79. The summed E-state index contributed by atoms with van der Waals surface area (Å²) in [5.41, 5.74) is 4.93. The first kappa shape index (κ1) is 42.7. The third-order valence-electron chi connectivity index (χ3n) is 9.93. The molecule has 0 aliphatic carbocycles. The maximum absolute atomic E-state index is 13.1. The molecule has 0 bridgehead atoms. The molecule has 0 saturated heterocycles. The maximum Gasteiger partial charge on any atom is 0.203 e. The van der Waals surface area contributed by atoms with Crippen molar-refractivity contribution in [1.29, 1.82) is 0 Å². The quantitative estimate of drug-likeness (QED) is 0.0704. The van der Waals surface area contributed by atoms with Gasteiger partial charge in [-0.3, -0.25) is 9.59 Å². The Kier molecular flexibility index (Phi) is 13.1. The number of benzene rings is 2. The minimum atomic E-state index is -0.582. The highest BCUT2D eigenvalue weighted by atomic mass is 16.5. The van der Waals surface area contributed by atoms with Gasteiger partial charge < -0.3 is 38.4 Å². The number of nitrogens with one attached hydrogen (secondary N) is 2. The molecule has 0 spiro atoms. The fourth-order valence-corrected chi connectivity index (χ4v) is 6.79. The van der Waals surface area contributed by atoms with Crippen LogP contribution in [0.2, 0.25) is 0 Å². The lowest BCUT2D eigenvalue weighted by Crippen LogP contribution is -2.24. The second-order valence-electron chi connectivity index (χ2n) is 14.8. The van der Waals surface area contributed by atoms with Gasteiger partial charge in [-0.25, -0.2) is 19.9 Å². The average molecular weight is 793 g/mol. The molecule has 0 fully saturated rings. The number of carbonyl (C=O) groups is 2. The molecule has 4 aromatic heterocycles. The molecule has 0 atom stereocenters. The second kappa shape index (κ2) is 17.8. The highest BCUT2D eigenvalue weighted by Crippen LogP contribution is 2.42. The zero-order valence-corrected chi connectivity index (χ0v) is 35.1. The third-order valence-corrected chi connectivity index (χ3v) is 9.93. The van der Waals surface area contributed by atoms with E-state index in [1.54, 1.807) is 85.7 Å². The smallest absolute Gasteiger partial charge is 0.203 e. The monoisotopic (exact) mass is 792 g/mol. The fraction of sp³-hybridized carbons (Fsp3) is 0.364. The van der Waals surface area contributed by atoms with Crippen molar-refractivity contribution >= 4 is 33.9 Å². The van der Waals surface area contributed by atoms with Gasteiger partial charge in [-0.15, -0.1) is 6.58 Å². The molecule has 0 amide bonds. The number of ketones is 2. The summed E-state index contributed by atoms with van der Waals surface area (Å²) in [6, 6.07) is 7.22. The van der Waals surface area contributed by atoms with Gasteiger partial charge in [0.05, 0.1) is 77.6 Å². The van der Waals surface area contributed by atoms with Crippen LogP contribution >= 0.6 is 0 Å². The summed E-state index contributed by atoms with van der Waals surface area (Å²) >= 11 is 0. The van der Waals surface area contributed by atoms with Gasteiger partial charge in [0, 0.05) is 34.4 Å². The molecule has 14 heteroatoms. The van der Waals surface area contributed by atoms with Crippen molar-refractivity contribution in [2.24, 2.45) is 10.8 Å². The van der Waals surface area contributed by atoms with E-state index in [4.69, 9.17) is 38.4 Å². The summed E-state index contributed by atoms with van der Waals surface area (Å²) in [5.74, 6) is 3.13. The number of allylic oxidation sites excluding steroid dienone is 1.